The third kappa shape index (κ3) is 3.02. The van der Waals surface area contributed by atoms with Crippen LogP contribution in [0.4, 0.5) is 0 Å². The maximum atomic E-state index is 8.82. The molecule has 3 aromatic carbocycles. The molecule has 3 aromatic rings. The Morgan fingerprint density at radius 1 is 0.682 bits per heavy atom. The van der Waals surface area contributed by atoms with Crippen molar-refractivity contribution in [2.24, 2.45) is 0 Å². The Kier molecular flexibility index (Phi) is 4.58. The van der Waals surface area contributed by atoms with Crippen LogP contribution in [0.1, 0.15) is 11.0 Å². The smallest absolute Gasteiger partial charge is 0.111 e. The first-order valence-electron chi connectivity index (χ1n) is 8.69. The normalized spacial score (nSPS) is 13.4. The number of hydrogen-bond donors (Lipinski definition) is 0. The number of hydrogen-bond acceptors (Lipinski definition) is 0. The van der Waals surface area contributed by atoms with Crippen LogP contribution in [0.2, 0.25) is 0 Å². The van der Waals surface area contributed by atoms with Gasteiger partial charge in [0.2, 0.25) is 0 Å². The molecule has 0 radical (unpaired) electrons. The highest BCUT2D eigenvalue weighted by Gasteiger charge is 2.43. The molecule has 0 amide bonds. The average molecular weight is 374 g/mol. The van der Waals surface area contributed by atoms with E-state index in [0.717, 1.165) is 15.9 Å². The summed E-state index contributed by atoms with van der Waals surface area (Å²) in [6.07, 6.45) is -1.66. The zero-order chi connectivity index (χ0) is 17.0. The molecule has 0 aliphatic carbocycles. The van der Waals surface area contributed by atoms with E-state index in [2.05, 4.69) is 0 Å². The molecular weight excluding hydrogens is 351 g/mol. The lowest BCUT2D eigenvalue weighted by Gasteiger charge is -2.26. The van der Waals surface area contributed by atoms with Crippen molar-refractivity contribution in [3.63, 3.8) is 0 Å². The molecule has 0 fully saturated rings. The van der Waals surface area contributed by atoms with Crippen LogP contribution in [0, 0.1) is 0 Å². The van der Waals surface area contributed by atoms with Crippen LogP contribution in [0.3, 0.4) is 0 Å². The minimum absolute atomic E-state index is 0. The van der Waals surface area contributed by atoms with Crippen LogP contribution >= 0.6 is 7.26 Å². The van der Waals surface area contributed by atoms with Gasteiger partial charge in [-0.15, -0.1) is 0 Å². The summed E-state index contributed by atoms with van der Waals surface area (Å²) in [6, 6.07) is 29.6. The first-order chi connectivity index (χ1) is 11.6. The first kappa shape index (κ1) is 13.0. The van der Waals surface area contributed by atoms with Crippen LogP contribution in [0.25, 0.3) is 0 Å². The molecular formula is C20H20BrP. The van der Waals surface area contributed by atoms with Crippen molar-refractivity contribution in [2.45, 2.75) is 6.90 Å². The van der Waals surface area contributed by atoms with Crippen LogP contribution in [-0.2, 0) is 0 Å². The van der Waals surface area contributed by atoms with Gasteiger partial charge in [-0.05, 0) is 43.3 Å². The van der Waals surface area contributed by atoms with Crippen molar-refractivity contribution in [2.75, 3.05) is 6.11 Å². The Bertz CT molecular complexity index is 683. The summed E-state index contributed by atoms with van der Waals surface area (Å²) >= 11 is 0. The number of halogens is 1. The van der Waals surface area contributed by atoms with Crippen molar-refractivity contribution >= 4 is 23.2 Å². The molecule has 0 nitrogen and oxygen atoms in total. The third-order valence-electron chi connectivity index (χ3n) is 3.67. The number of benzene rings is 3. The zero-order valence-corrected chi connectivity index (χ0v) is 14.7. The summed E-state index contributed by atoms with van der Waals surface area (Å²) in [5, 5.41) is 2.92. The Morgan fingerprint density at radius 3 is 1.27 bits per heavy atom. The van der Waals surface area contributed by atoms with E-state index in [1.54, 1.807) is 0 Å². The van der Waals surface area contributed by atoms with Gasteiger partial charge in [0.15, 0.2) is 0 Å². The van der Waals surface area contributed by atoms with Gasteiger partial charge in [-0.3, -0.25) is 0 Å². The van der Waals surface area contributed by atoms with E-state index < -0.39 is 13.4 Å². The molecule has 0 saturated carbocycles. The Hall–Kier alpha value is -1.43. The van der Waals surface area contributed by atoms with Crippen molar-refractivity contribution in [3.05, 3.63) is 91.0 Å². The van der Waals surface area contributed by atoms with Gasteiger partial charge in [-0.2, -0.15) is 0 Å². The summed E-state index contributed by atoms with van der Waals surface area (Å²) in [5.41, 5.74) is 0. The molecule has 0 aliphatic rings. The van der Waals surface area contributed by atoms with Crippen LogP contribution in [-0.4, -0.2) is 6.11 Å². The summed E-state index contributed by atoms with van der Waals surface area (Å²) in [5.74, 6) is 0. The van der Waals surface area contributed by atoms with Crippen LogP contribution < -0.4 is 32.9 Å². The molecule has 3 rings (SSSR count). The maximum Gasteiger partial charge on any atom is 0.111 e. The lowest BCUT2D eigenvalue weighted by molar-refractivity contribution is -0.00000409. The van der Waals surface area contributed by atoms with Gasteiger partial charge in [0.25, 0.3) is 0 Å². The monoisotopic (exact) mass is 373 g/mol. The predicted molar refractivity (Wildman–Crippen MR) is 95.7 cm³/mol. The fraction of sp³-hybridized carbons (Fsp3) is 0.100. The Balaban J connectivity index is 0.00000225. The van der Waals surface area contributed by atoms with Crippen molar-refractivity contribution in [3.8, 4) is 0 Å². The topological polar surface area (TPSA) is 0 Å². The summed E-state index contributed by atoms with van der Waals surface area (Å²) in [7, 11) is -2.61. The highest BCUT2D eigenvalue weighted by Crippen LogP contribution is 2.54. The van der Waals surface area contributed by atoms with Gasteiger partial charge in [0.05, 0.1) is 8.86 Å². The molecule has 112 valence electrons. The molecule has 2 heteroatoms. The standard InChI is InChI=1S/C20H20P.BrH/c1-2-21(18-12-6-3-7-13-18,19-14-8-4-9-15-19)20-16-10-5-11-17-20;/h3-17H,2H2,1H3;1H/q+1;/p-1/i1D,2D2;. The van der Waals surface area contributed by atoms with E-state index in [4.69, 9.17) is 4.11 Å². The van der Waals surface area contributed by atoms with E-state index in [-0.39, 0.29) is 23.9 Å². The lowest BCUT2D eigenvalue weighted by atomic mass is 10.4. The maximum absolute atomic E-state index is 8.82. The minimum atomic E-state index is -2.61. The van der Waals surface area contributed by atoms with E-state index in [1.165, 1.54) is 0 Å². The molecule has 0 atom stereocenters. The lowest BCUT2D eigenvalue weighted by Crippen LogP contribution is -3.00. The second kappa shape index (κ2) is 7.72. The first-order valence-corrected chi connectivity index (χ1v) is 8.77. The van der Waals surface area contributed by atoms with Gasteiger partial charge in [0.1, 0.15) is 23.2 Å². The quantitative estimate of drug-likeness (QED) is 0.598. The van der Waals surface area contributed by atoms with Crippen LogP contribution in [0.15, 0.2) is 91.0 Å². The summed E-state index contributed by atoms with van der Waals surface area (Å²) < 4.78 is 25.6. The SMILES string of the molecule is [2H]CC([2H])([2H])[P+](c1ccccc1)(c1ccccc1)c1ccccc1.[Br-]. The summed E-state index contributed by atoms with van der Waals surface area (Å²) in [6.45, 7) is -0.278. The average Bonchev–Trinajstić information content (AvgIpc) is 2.65. The molecule has 0 unspecified atom stereocenters. The molecule has 0 spiro atoms. The molecule has 0 N–H and O–H groups in total. The fourth-order valence-corrected chi connectivity index (χ4v) is 5.98. The highest BCUT2D eigenvalue weighted by atomic mass is 79.9. The van der Waals surface area contributed by atoms with E-state index >= 15 is 0 Å². The molecule has 0 aromatic heterocycles. The number of rotatable bonds is 4. The van der Waals surface area contributed by atoms with Gasteiger partial charge >= 0.3 is 0 Å². The van der Waals surface area contributed by atoms with E-state index in [0.29, 0.717) is 0 Å². The fourth-order valence-electron chi connectivity index (χ4n) is 2.68. The second-order valence-corrected chi connectivity index (χ2v) is 8.04. The van der Waals surface area contributed by atoms with Gasteiger partial charge in [-0.25, -0.2) is 0 Å². The van der Waals surface area contributed by atoms with Crippen molar-refractivity contribution in [1.82, 2.24) is 0 Å². The van der Waals surface area contributed by atoms with Gasteiger partial charge in [-0.1, -0.05) is 54.6 Å². The Morgan fingerprint density at radius 2 is 1.00 bits per heavy atom. The largest absolute Gasteiger partial charge is 1.00 e. The predicted octanol–water partition coefficient (Wildman–Crippen LogP) is 1.00. The molecule has 0 bridgehead atoms. The summed E-state index contributed by atoms with van der Waals surface area (Å²) in [4.78, 5) is 0. The zero-order valence-electron chi connectivity index (χ0n) is 15.2. The highest BCUT2D eigenvalue weighted by molar-refractivity contribution is 7.95. The third-order valence-corrected chi connectivity index (χ3v) is 7.36. The van der Waals surface area contributed by atoms with E-state index in [9.17, 15) is 0 Å². The molecule has 0 saturated heterocycles. The van der Waals surface area contributed by atoms with Gasteiger partial charge in [0, 0.05) is 1.37 Å². The Labute approximate surface area is 148 Å². The van der Waals surface area contributed by atoms with Crippen molar-refractivity contribution in [1.29, 1.82) is 0 Å². The molecule has 0 aliphatic heterocycles. The molecule has 22 heavy (non-hydrogen) atoms. The van der Waals surface area contributed by atoms with Crippen LogP contribution in [0.5, 0.6) is 0 Å². The molecule has 0 heterocycles. The van der Waals surface area contributed by atoms with E-state index in [1.807, 2.05) is 91.0 Å². The van der Waals surface area contributed by atoms with Gasteiger partial charge < -0.3 is 17.0 Å². The van der Waals surface area contributed by atoms with Crippen molar-refractivity contribution < 1.29 is 21.1 Å². The second-order valence-electron chi connectivity index (χ2n) is 4.84. The minimum Gasteiger partial charge on any atom is -1.00 e.